The van der Waals surface area contributed by atoms with E-state index in [9.17, 15) is 34.8 Å². The number of nitrogens with one attached hydrogen (secondary N) is 1. The van der Waals surface area contributed by atoms with Crippen molar-refractivity contribution in [3.8, 4) is 0 Å². The second-order valence-electron chi connectivity index (χ2n) is 4.38. The molecule has 10 heteroatoms. The van der Waals surface area contributed by atoms with Crippen molar-refractivity contribution in [2.24, 2.45) is 0 Å². The lowest BCUT2D eigenvalue weighted by atomic mass is 10.1. The summed E-state index contributed by atoms with van der Waals surface area (Å²) in [7, 11) is -4.96. The lowest BCUT2D eigenvalue weighted by Gasteiger charge is -2.19. The molecule has 1 aromatic rings. The van der Waals surface area contributed by atoms with Crippen molar-refractivity contribution < 1.29 is 34.8 Å². The summed E-state index contributed by atoms with van der Waals surface area (Å²) >= 11 is 0. The van der Waals surface area contributed by atoms with Crippen molar-refractivity contribution in [3.05, 3.63) is 29.3 Å². The molecule has 0 aliphatic heterocycles. The predicted octanol–water partition coefficient (Wildman–Crippen LogP) is 3.24. The van der Waals surface area contributed by atoms with Crippen molar-refractivity contribution in [1.29, 1.82) is 0 Å². The molecule has 0 aliphatic rings. The standard InChI is InChI=1S/C11H11F6NO2S/c1-6-3-4-9(8(5-6)11(15,16)17)21(19,20)18-7(2)10(12,13)14/h3-5,7,18H,1-2H3. The summed E-state index contributed by atoms with van der Waals surface area (Å²) in [5.74, 6) is 0. The Kier molecular flexibility index (Phi) is 4.64. The molecule has 21 heavy (non-hydrogen) atoms. The molecule has 1 unspecified atom stereocenters. The second-order valence-corrected chi connectivity index (χ2v) is 6.06. The summed E-state index contributed by atoms with van der Waals surface area (Å²) in [4.78, 5) is -1.24. The van der Waals surface area contributed by atoms with Gasteiger partial charge in [0.25, 0.3) is 0 Å². The molecule has 3 nitrogen and oxygen atoms in total. The Bertz CT molecular complexity index is 621. The molecular formula is C11H11F6NO2S. The number of benzene rings is 1. The minimum Gasteiger partial charge on any atom is -0.207 e. The van der Waals surface area contributed by atoms with Gasteiger partial charge in [-0.3, -0.25) is 0 Å². The van der Waals surface area contributed by atoms with E-state index in [2.05, 4.69) is 0 Å². The van der Waals surface area contributed by atoms with E-state index in [4.69, 9.17) is 0 Å². The summed E-state index contributed by atoms with van der Waals surface area (Å²) in [5.41, 5.74) is -1.38. The van der Waals surface area contributed by atoms with Crippen LogP contribution in [0.25, 0.3) is 0 Å². The molecule has 0 aliphatic carbocycles. The van der Waals surface area contributed by atoms with Crippen LogP contribution < -0.4 is 4.72 Å². The highest BCUT2D eigenvalue weighted by atomic mass is 32.2. The summed E-state index contributed by atoms with van der Waals surface area (Å²) < 4.78 is 100. The summed E-state index contributed by atoms with van der Waals surface area (Å²) in [5, 5.41) is 0. The van der Waals surface area contributed by atoms with E-state index < -0.39 is 38.9 Å². The van der Waals surface area contributed by atoms with Crippen LogP contribution in [0.1, 0.15) is 18.1 Å². The van der Waals surface area contributed by atoms with E-state index >= 15 is 0 Å². The van der Waals surface area contributed by atoms with Crippen LogP contribution in [0.4, 0.5) is 26.3 Å². The number of aryl methyl sites for hydroxylation is 1. The third-order valence-electron chi connectivity index (χ3n) is 2.55. The number of hydrogen-bond acceptors (Lipinski definition) is 2. The number of sulfonamides is 1. The normalized spacial score (nSPS) is 15.0. The van der Waals surface area contributed by atoms with E-state index in [0.29, 0.717) is 19.1 Å². The Morgan fingerprint density at radius 1 is 1.10 bits per heavy atom. The molecule has 0 aromatic heterocycles. The Labute approximate surface area is 117 Å². The van der Waals surface area contributed by atoms with Gasteiger partial charge in [0.05, 0.1) is 10.5 Å². The molecule has 0 radical (unpaired) electrons. The van der Waals surface area contributed by atoms with E-state index in [1.165, 1.54) is 11.6 Å². The Balaban J connectivity index is 3.33. The van der Waals surface area contributed by atoms with Crippen molar-refractivity contribution in [2.75, 3.05) is 0 Å². The highest BCUT2D eigenvalue weighted by molar-refractivity contribution is 7.89. The number of alkyl halides is 6. The molecule has 0 spiro atoms. The Morgan fingerprint density at radius 2 is 1.62 bits per heavy atom. The molecule has 1 aromatic carbocycles. The monoisotopic (exact) mass is 335 g/mol. The third kappa shape index (κ3) is 4.34. The first-order chi connectivity index (χ1) is 9.25. The fourth-order valence-corrected chi connectivity index (χ4v) is 2.90. The zero-order chi connectivity index (χ0) is 16.6. The molecule has 0 bridgehead atoms. The highest BCUT2D eigenvalue weighted by Gasteiger charge is 2.42. The van der Waals surface area contributed by atoms with Gasteiger partial charge in [-0.2, -0.15) is 31.1 Å². The van der Waals surface area contributed by atoms with Gasteiger partial charge in [0.1, 0.15) is 6.04 Å². The zero-order valence-electron chi connectivity index (χ0n) is 10.8. The van der Waals surface area contributed by atoms with Crippen LogP contribution >= 0.6 is 0 Å². The van der Waals surface area contributed by atoms with Gasteiger partial charge in [-0.05, 0) is 26.0 Å². The van der Waals surface area contributed by atoms with Crippen molar-refractivity contribution in [1.82, 2.24) is 4.72 Å². The van der Waals surface area contributed by atoms with E-state index in [0.717, 1.165) is 6.07 Å². The highest BCUT2D eigenvalue weighted by Crippen LogP contribution is 2.35. The van der Waals surface area contributed by atoms with Crippen LogP contribution in [0, 0.1) is 6.92 Å². The van der Waals surface area contributed by atoms with Gasteiger partial charge < -0.3 is 0 Å². The van der Waals surface area contributed by atoms with Gasteiger partial charge in [0.15, 0.2) is 0 Å². The van der Waals surface area contributed by atoms with Gasteiger partial charge >= 0.3 is 12.4 Å². The quantitative estimate of drug-likeness (QED) is 0.862. The Hall–Kier alpha value is -1.29. The van der Waals surface area contributed by atoms with Crippen LogP contribution in [0.15, 0.2) is 23.1 Å². The minimum atomic E-state index is -5.00. The van der Waals surface area contributed by atoms with Crippen LogP contribution in [-0.4, -0.2) is 20.6 Å². The molecule has 0 heterocycles. The largest absolute Gasteiger partial charge is 0.417 e. The summed E-state index contributed by atoms with van der Waals surface area (Å²) in [6.45, 7) is 1.80. The van der Waals surface area contributed by atoms with Gasteiger partial charge in [-0.25, -0.2) is 8.42 Å². The zero-order valence-corrected chi connectivity index (χ0v) is 11.6. The average molecular weight is 335 g/mol. The molecule has 1 rings (SSSR count). The predicted molar refractivity (Wildman–Crippen MR) is 62.0 cm³/mol. The first-order valence-electron chi connectivity index (χ1n) is 5.52. The van der Waals surface area contributed by atoms with Crippen LogP contribution in [0.2, 0.25) is 0 Å². The van der Waals surface area contributed by atoms with Crippen molar-refractivity contribution in [2.45, 2.75) is 37.1 Å². The summed E-state index contributed by atoms with van der Waals surface area (Å²) in [6, 6.07) is -0.247. The van der Waals surface area contributed by atoms with Crippen LogP contribution in [-0.2, 0) is 16.2 Å². The average Bonchev–Trinajstić information content (AvgIpc) is 2.25. The topological polar surface area (TPSA) is 46.2 Å². The molecule has 1 N–H and O–H groups in total. The molecule has 0 amide bonds. The lowest BCUT2D eigenvalue weighted by Crippen LogP contribution is -2.43. The van der Waals surface area contributed by atoms with Gasteiger partial charge in [0, 0.05) is 0 Å². The third-order valence-corrected chi connectivity index (χ3v) is 4.15. The van der Waals surface area contributed by atoms with Crippen LogP contribution in [0.3, 0.4) is 0 Å². The maximum atomic E-state index is 12.8. The van der Waals surface area contributed by atoms with Crippen molar-refractivity contribution in [3.63, 3.8) is 0 Å². The molecule has 120 valence electrons. The first-order valence-corrected chi connectivity index (χ1v) is 7.00. The number of hydrogen-bond donors (Lipinski definition) is 1. The van der Waals surface area contributed by atoms with Gasteiger partial charge in [0.2, 0.25) is 10.0 Å². The molecular weight excluding hydrogens is 324 g/mol. The van der Waals surface area contributed by atoms with Crippen molar-refractivity contribution >= 4 is 10.0 Å². The molecule has 1 atom stereocenters. The fourth-order valence-electron chi connectivity index (χ4n) is 1.46. The SMILES string of the molecule is Cc1ccc(S(=O)(=O)NC(C)C(F)(F)F)c(C(F)(F)F)c1. The fraction of sp³-hybridized carbons (Fsp3) is 0.455. The maximum absolute atomic E-state index is 12.8. The molecule has 0 fully saturated rings. The number of halogens is 6. The second kappa shape index (κ2) is 5.48. The van der Waals surface area contributed by atoms with E-state index in [1.54, 1.807) is 0 Å². The van der Waals surface area contributed by atoms with Gasteiger partial charge in [-0.1, -0.05) is 11.6 Å². The smallest absolute Gasteiger partial charge is 0.207 e. The molecule has 0 saturated carbocycles. The molecule has 0 saturated heterocycles. The van der Waals surface area contributed by atoms with E-state index in [1.807, 2.05) is 0 Å². The first kappa shape index (κ1) is 17.8. The minimum absolute atomic E-state index is 0.130. The number of rotatable bonds is 3. The Morgan fingerprint density at radius 3 is 2.05 bits per heavy atom. The van der Waals surface area contributed by atoms with E-state index in [-0.39, 0.29) is 5.56 Å². The summed E-state index contributed by atoms with van der Waals surface area (Å²) in [6.07, 6.45) is -9.91. The van der Waals surface area contributed by atoms with Gasteiger partial charge in [-0.15, -0.1) is 0 Å². The lowest BCUT2D eigenvalue weighted by molar-refractivity contribution is -0.147. The maximum Gasteiger partial charge on any atom is 0.417 e. The van der Waals surface area contributed by atoms with Crippen LogP contribution in [0.5, 0.6) is 0 Å².